The molecule has 5 heteroatoms. The number of aliphatic hydroxyl groups excluding tert-OH is 2. The molecular weight excluding hydrogens is 220 g/mol. The van der Waals surface area contributed by atoms with E-state index in [0.717, 1.165) is 6.92 Å². The minimum atomic E-state index is -1.08. The SMILES string of the molecule is CC(=O)[O-].OCCO.[Ag+]. The van der Waals surface area contributed by atoms with Gasteiger partial charge in [0, 0.05) is 5.97 Å². The van der Waals surface area contributed by atoms with Crippen LogP contribution < -0.4 is 5.11 Å². The Morgan fingerprint density at radius 2 is 1.56 bits per heavy atom. The van der Waals surface area contributed by atoms with Crippen LogP contribution in [-0.2, 0) is 27.2 Å². The Hall–Kier alpha value is 0.130. The number of carbonyl (C=O) groups is 1. The Labute approximate surface area is 69.0 Å². The zero-order chi connectivity index (χ0) is 6.99. The summed E-state index contributed by atoms with van der Waals surface area (Å²) < 4.78 is 0. The van der Waals surface area contributed by atoms with Crippen molar-refractivity contribution in [1.29, 1.82) is 0 Å². The van der Waals surface area contributed by atoms with Gasteiger partial charge in [-0.1, -0.05) is 0 Å². The molecule has 0 aromatic heterocycles. The molecular formula is C4H9AgO4. The van der Waals surface area contributed by atoms with E-state index in [0.29, 0.717) is 0 Å². The number of hydrogen-bond acceptors (Lipinski definition) is 4. The van der Waals surface area contributed by atoms with Gasteiger partial charge in [0.1, 0.15) is 0 Å². The summed E-state index contributed by atoms with van der Waals surface area (Å²) in [4.78, 5) is 8.89. The Balaban J connectivity index is -0.0000000720. The first kappa shape index (κ1) is 16.1. The van der Waals surface area contributed by atoms with Gasteiger partial charge in [0.2, 0.25) is 0 Å². The van der Waals surface area contributed by atoms with Crippen molar-refractivity contribution in [3.63, 3.8) is 0 Å². The van der Waals surface area contributed by atoms with Crippen molar-refractivity contribution in [2.24, 2.45) is 0 Å². The normalized spacial score (nSPS) is 6.11. The van der Waals surface area contributed by atoms with E-state index < -0.39 is 5.97 Å². The predicted molar refractivity (Wildman–Crippen MR) is 24.9 cm³/mol. The molecule has 0 unspecified atom stereocenters. The van der Waals surface area contributed by atoms with Crippen LogP contribution in [0.3, 0.4) is 0 Å². The molecule has 0 saturated carbocycles. The second-order valence-electron chi connectivity index (χ2n) is 0.939. The summed E-state index contributed by atoms with van der Waals surface area (Å²) in [5, 5.41) is 24.1. The van der Waals surface area contributed by atoms with Crippen LogP contribution in [0.2, 0.25) is 0 Å². The molecule has 60 valence electrons. The predicted octanol–water partition coefficient (Wildman–Crippen LogP) is -2.28. The van der Waals surface area contributed by atoms with Gasteiger partial charge in [0.05, 0.1) is 13.2 Å². The molecule has 0 heterocycles. The van der Waals surface area contributed by atoms with Crippen molar-refractivity contribution in [2.75, 3.05) is 13.2 Å². The van der Waals surface area contributed by atoms with E-state index in [9.17, 15) is 0 Å². The number of carboxylic acid groups (broad SMARTS) is 1. The van der Waals surface area contributed by atoms with Gasteiger partial charge in [0.15, 0.2) is 0 Å². The van der Waals surface area contributed by atoms with Crippen LogP contribution in [0.5, 0.6) is 0 Å². The molecule has 0 aromatic rings. The molecule has 0 atom stereocenters. The van der Waals surface area contributed by atoms with Gasteiger partial charge < -0.3 is 20.1 Å². The molecule has 2 N–H and O–H groups in total. The van der Waals surface area contributed by atoms with E-state index in [1.807, 2.05) is 0 Å². The molecule has 4 nitrogen and oxygen atoms in total. The number of carboxylic acids is 1. The van der Waals surface area contributed by atoms with Crippen molar-refractivity contribution in [3.05, 3.63) is 0 Å². The largest absolute Gasteiger partial charge is 1.00 e. The zero-order valence-electron chi connectivity index (χ0n) is 4.93. The first-order valence-electron chi connectivity index (χ1n) is 2.04. The van der Waals surface area contributed by atoms with Crippen molar-refractivity contribution in [1.82, 2.24) is 0 Å². The van der Waals surface area contributed by atoms with Gasteiger partial charge in [-0.05, 0) is 6.92 Å². The molecule has 0 aliphatic heterocycles. The van der Waals surface area contributed by atoms with E-state index in [1.54, 1.807) is 0 Å². The fraction of sp³-hybridized carbons (Fsp3) is 0.750. The summed E-state index contributed by atoms with van der Waals surface area (Å²) in [5.74, 6) is -1.08. The van der Waals surface area contributed by atoms with Crippen molar-refractivity contribution >= 4 is 5.97 Å². The van der Waals surface area contributed by atoms with Crippen molar-refractivity contribution in [2.45, 2.75) is 6.92 Å². The molecule has 0 saturated heterocycles. The third-order valence-electron chi connectivity index (χ3n) is 0.1000. The van der Waals surface area contributed by atoms with E-state index >= 15 is 0 Å². The second kappa shape index (κ2) is 15.7. The molecule has 0 aliphatic rings. The number of aliphatic hydroxyl groups is 2. The zero-order valence-corrected chi connectivity index (χ0v) is 6.41. The second-order valence-corrected chi connectivity index (χ2v) is 0.939. The topological polar surface area (TPSA) is 80.6 Å². The maximum Gasteiger partial charge on any atom is 1.00 e. The molecule has 9 heavy (non-hydrogen) atoms. The summed E-state index contributed by atoms with van der Waals surface area (Å²) >= 11 is 0. The van der Waals surface area contributed by atoms with Crippen molar-refractivity contribution in [3.8, 4) is 0 Å². The first-order valence-corrected chi connectivity index (χ1v) is 2.04. The standard InChI is InChI=1S/C2H4O2.C2H6O2.Ag/c1-2(3)4;3-1-2-4;/h1H3,(H,3,4);3-4H,1-2H2;/q;;+1/p-1. The first-order chi connectivity index (χ1) is 3.65. The number of rotatable bonds is 1. The third kappa shape index (κ3) is 239. The summed E-state index contributed by atoms with van der Waals surface area (Å²) in [6.07, 6.45) is 0. The van der Waals surface area contributed by atoms with Gasteiger partial charge >= 0.3 is 22.4 Å². The average molecular weight is 229 g/mol. The fourth-order valence-electron chi connectivity index (χ4n) is 0. The van der Waals surface area contributed by atoms with Gasteiger partial charge in [0.25, 0.3) is 0 Å². The third-order valence-corrected chi connectivity index (χ3v) is 0.1000. The maximum absolute atomic E-state index is 8.89. The molecule has 0 fully saturated rings. The molecule has 0 aromatic carbocycles. The minimum Gasteiger partial charge on any atom is -0.550 e. The van der Waals surface area contributed by atoms with Crippen LogP contribution in [0.15, 0.2) is 0 Å². The van der Waals surface area contributed by atoms with Crippen LogP contribution in [0.25, 0.3) is 0 Å². The number of carbonyl (C=O) groups excluding carboxylic acids is 1. The van der Waals surface area contributed by atoms with Crippen LogP contribution in [-0.4, -0.2) is 29.4 Å². The van der Waals surface area contributed by atoms with Gasteiger partial charge in [-0.2, -0.15) is 0 Å². The number of hydrogen-bond donors (Lipinski definition) is 2. The summed E-state index contributed by atoms with van der Waals surface area (Å²) in [7, 11) is 0. The molecule has 0 bridgehead atoms. The van der Waals surface area contributed by atoms with Crippen LogP contribution in [0.4, 0.5) is 0 Å². The van der Waals surface area contributed by atoms with E-state index in [4.69, 9.17) is 20.1 Å². The smallest absolute Gasteiger partial charge is 0.550 e. The Bertz CT molecular complexity index is 50.5. The van der Waals surface area contributed by atoms with Crippen molar-refractivity contribution < 1.29 is 42.5 Å². The average Bonchev–Trinajstić information content (AvgIpc) is 1.65. The minimum absolute atomic E-state index is 0. The van der Waals surface area contributed by atoms with Gasteiger partial charge in [-0.25, -0.2) is 0 Å². The summed E-state index contributed by atoms with van der Waals surface area (Å²) in [6, 6.07) is 0. The molecule has 0 aliphatic carbocycles. The summed E-state index contributed by atoms with van der Waals surface area (Å²) in [6.45, 7) is 0.722. The molecule has 0 rings (SSSR count). The van der Waals surface area contributed by atoms with Gasteiger partial charge in [-0.15, -0.1) is 0 Å². The molecule has 0 radical (unpaired) electrons. The monoisotopic (exact) mass is 228 g/mol. The quantitative estimate of drug-likeness (QED) is 0.496. The van der Waals surface area contributed by atoms with Gasteiger partial charge in [-0.3, -0.25) is 0 Å². The van der Waals surface area contributed by atoms with Crippen LogP contribution >= 0.6 is 0 Å². The molecule has 0 spiro atoms. The molecule has 0 amide bonds. The maximum atomic E-state index is 8.89. The Morgan fingerprint density at radius 1 is 1.44 bits per heavy atom. The van der Waals surface area contributed by atoms with E-state index in [-0.39, 0.29) is 35.6 Å². The van der Waals surface area contributed by atoms with Crippen LogP contribution in [0, 0.1) is 0 Å². The van der Waals surface area contributed by atoms with Crippen LogP contribution in [0.1, 0.15) is 6.92 Å². The Kier molecular flexibility index (Phi) is 28.0. The number of aliphatic carboxylic acids is 1. The van der Waals surface area contributed by atoms with E-state index in [1.165, 1.54) is 0 Å². The van der Waals surface area contributed by atoms with E-state index in [2.05, 4.69) is 0 Å². The Morgan fingerprint density at radius 3 is 1.56 bits per heavy atom. The summed E-state index contributed by atoms with van der Waals surface area (Å²) in [5.41, 5.74) is 0. The fourth-order valence-corrected chi connectivity index (χ4v) is 0.